The van der Waals surface area contributed by atoms with Crippen molar-refractivity contribution in [2.24, 2.45) is 0 Å². The summed E-state index contributed by atoms with van der Waals surface area (Å²) in [5.74, 6) is -0.550. The maximum atomic E-state index is 13.2. The van der Waals surface area contributed by atoms with Gasteiger partial charge in [-0.15, -0.1) is 0 Å². The van der Waals surface area contributed by atoms with E-state index in [-0.39, 0.29) is 24.4 Å². The van der Waals surface area contributed by atoms with Crippen LogP contribution in [0.15, 0.2) is 24.3 Å². The summed E-state index contributed by atoms with van der Waals surface area (Å²) in [5, 5.41) is 2.68. The van der Waals surface area contributed by atoms with Crippen LogP contribution >= 0.6 is 0 Å². The number of carbonyl (C=O) groups excluding carboxylic acids is 2. The smallest absolute Gasteiger partial charge is 0.240 e. The summed E-state index contributed by atoms with van der Waals surface area (Å²) in [7, 11) is 0. The molecule has 0 saturated carbocycles. The first-order valence-electron chi connectivity index (χ1n) is 8.29. The number of halogens is 1. The average molecular weight is 335 g/mol. The Morgan fingerprint density at radius 2 is 2.04 bits per heavy atom. The number of morpholine rings is 1. The van der Waals surface area contributed by atoms with E-state index in [0.717, 1.165) is 19.4 Å². The van der Waals surface area contributed by atoms with Crippen LogP contribution in [0.1, 0.15) is 12.8 Å². The van der Waals surface area contributed by atoms with Crippen molar-refractivity contribution in [2.75, 3.05) is 44.7 Å². The van der Waals surface area contributed by atoms with Crippen molar-refractivity contribution in [3.05, 3.63) is 30.1 Å². The molecule has 130 valence electrons. The molecule has 0 aromatic heterocycles. The summed E-state index contributed by atoms with van der Waals surface area (Å²) >= 11 is 0. The number of nitrogens with one attached hydrogen (secondary N) is 1. The highest BCUT2D eigenvalue weighted by Gasteiger charge is 2.35. The first-order valence-corrected chi connectivity index (χ1v) is 8.29. The van der Waals surface area contributed by atoms with E-state index in [9.17, 15) is 14.0 Å². The highest BCUT2D eigenvalue weighted by molar-refractivity contribution is 5.93. The van der Waals surface area contributed by atoms with Gasteiger partial charge < -0.3 is 15.0 Å². The minimum absolute atomic E-state index is 0.0781. The Kier molecular flexibility index (Phi) is 5.42. The van der Waals surface area contributed by atoms with E-state index >= 15 is 0 Å². The number of carbonyl (C=O) groups is 2. The van der Waals surface area contributed by atoms with Gasteiger partial charge in [-0.3, -0.25) is 14.5 Å². The van der Waals surface area contributed by atoms with Crippen molar-refractivity contribution in [2.45, 2.75) is 18.9 Å². The Hall–Kier alpha value is -1.99. The van der Waals surface area contributed by atoms with E-state index in [4.69, 9.17) is 4.74 Å². The van der Waals surface area contributed by atoms with E-state index in [2.05, 4.69) is 5.32 Å². The third-order valence-electron chi connectivity index (χ3n) is 4.43. The van der Waals surface area contributed by atoms with Crippen LogP contribution in [-0.2, 0) is 14.3 Å². The van der Waals surface area contributed by atoms with Crippen molar-refractivity contribution in [3.63, 3.8) is 0 Å². The fourth-order valence-corrected chi connectivity index (χ4v) is 3.24. The van der Waals surface area contributed by atoms with Crippen molar-refractivity contribution < 1.29 is 18.7 Å². The van der Waals surface area contributed by atoms with Gasteiger partial charge in [0.05, 0.1) is 25.8 Å². The number of rotatable bonds is 4. The molecule has 2 aliphatic heterocycles. The topological polar surface area (TPSA) is 61.9 Å². The third kappa shape index (κ3) is 4.10. The van der Waals surface area contributed by atoms with Gasteiger partial charge in [0.15, 0.2) is 0 Å². The molecule has 0 spiro atoms. The molecule has 7 heteroatoms. The fourth-order valence-electron chi connectivity index (χ4n) is 3.24. The second-order valence-corrected chi connectivity index (χ2v) is 6.12. The molecule has 24 heavy (non-hydrogen) atoms. The van der Waals surface area contributed by atoms with E-state index in [1.807, 2.05) is 9.80 Å². The molecule has 2 heterocycles. The molecule has 2 saturated heterocycles. The van der Waals surface area contributed by atoms with Crippen LogP contribution in [0.25, 0.3) is 0 Å². The van der Waals surface area contributed by atoms with E-state index in [1.54, 1.807) is 12.1 Å². The highest BCUT2D eigenvalue weighted by atomic mass is 19.1. The third-order valence-corrected chi connectivity index (χ3v) is 4.43. The van der Waals surface area contributed by atoms with Gasteiger partial charge in [-0.1, -0.05) is 6.07 Å². The van der Waals surface area contributed by atoms with Crippen LogP contribution in [0.5, 0.6) is 0 Å². The lowest BCUT2D eigenvalue weighted by atomic mass is 10.2. The van der Waals surface area contributed by atoms with Crippen molar-refractivity contribution in [1.82, 2.24) is 9.80 Å². The van der Waals surface area contributed by atoms with Crippen molar-refractivity contribution in [1.29, 1.82) is 0 Å². The number of hydrogen-bond donors (Lipinski definition) is 1. The summed E-state index contributed by atoms with van der Waals surface area (Å²) in [6, 6.07) is 5.54. The van der Waals surface area contributed by atoms with Gasteiger partial charge in [0.1, 0.15) is 5.82 Å². The van der Waals surface area contributed by atoms with Gasteiger partial charge in [-0.25, -0.2) is 4.39 Å². The molecule has 0 bridgehead atoms. The van der Waals surface area contributed by atoms with Crippen LogP contribution in [0.3, 0.4) is 0 Å². The lowest BCUT2D eigenvalue weighted by Gasteiger charge is -2.32. The molecule has 2 aliphatic rings. The lowest BCUT2D eigenvalue weighted by Crippen LogP contribution is -2.50. The first-order chi connectivity index (χ1) is 11.6. The SMILES string of the molecule is O=C(CN1CCCC1C(=O)N1CCOCC1)Nc1cccc(F)c1. The Morgan fingerprint density at radius 3 is 2.79 bits per heavy atom. The molecule has 1 unspecified atom stereocenters. The van der Waals surface area contributed by atoms with Gasteiger partial charge in [-0.2, -0.15) is 0 Å². The summed E-state index contributed by atoms with van der Waals surface area (Å²) in [6.07, 6.45) is 1.66. The van der Waals surface area contributed by atoms with E-state index in [1.165, 1.54) is 12.1 Å². The summed E-state index contributed by atoms with van der Waals surface area (Å²) in [5.41, 5.74) is 0.426. The monoisotopic (exact) mass is 335 g/mol. The average Bonchev–Trinajstić information content (AvgIpc) is 3.03. The van der Waals surface area contributed by atoms with Gasteiger partial charge in [0, 0.05) is 18.8 Å². The van der Waals surface area contributed by atoms with Gasteiger partial charge in [0.2, 0.25) is 11.8 Å². The van der Waals surface area contributed by atoms with Crippen molar-refractivity contribution >= 4 is 17.5 Å². The maximum Gasteiger partial charge on any atom is 0.240 e. The summed E-state index contributed by atoms with van der Waals surface area (Å²) in [4.78, 5) is 28.6. The van der Waals surface area contributed by atoms with Gasteiger partial charge >= 0.3 is 0 Å². The van der Waals surface area contributed by atoms with Crippen LogP contribution in [0.2, 0.25) is 0 Å². The molecule has 3 rings (SSSR count). The Balaban J connectivity index is 1.57. The zero-order valence-electron chi connectivity index (χ0n) is 13.5. The number of hydrogen-bond acceptors (Lipinski definition) is 4. The predicted molar refractivity (Wildman–Crippen MR) is 87.0 cm³/mol. The quantitative estimate of drug-likeness (QED) is 0.895. The number of likely N-dealkylation sites (tertiary alicyclic amines) is 1. The minimum Gasteiger partial charge on any atom is -0.378 e. The van der Waals surface area contributed by atoms with Crippen LogP contribution in [0, 0.1) is 5.82 Å². The Labute approximate surface area is 140 Å². The fraction of sp³-hybridized carbons (Fsp3) is 0.529. The summed E-state index contributed by atoms with van der Waals surface area (Å²) in [6.45, 7) is 3.21. The molecule has 1 aromatic carbocycles. The molecule has 0 aliphatic carbocycles. The zero-order chi connectivity index (χ0) is 16.9. The Bertz CT molecular complexity index is 604. The second-order valence-electron chi connectivity index (χ2n) is 6.12. The molecular weight excluding hydrogens is 313 g/mol. The highest BCUT2D eigenvalue weighted by Crippen LogP contribution is 2.20. The van der Waals surface area contributed by atoms with Crippen LogP contribution in [-0.4, -0.2) is 67.0 Å². The number of benzene rings is 1. The molecule has 1 aromatic rings. The number of anilines is 1. The number of amides is 2. The largest absolute Gasteiger partial charge is 0.378 e. The van der Waals surface area contributed by atoms with Crippen molar-refractivity contribution in [3.8, 4) is 0 Å². The zero-order valence-corrected chi connectivity index (χ0v) is 13.5. The normalized spacial score (nSPS) is 21.7. The molecule has 2 amide bonds. The van der Waals surface area contributed by atoms with Gasteiger partial charge in [-0.05, 0) is 37.6 Å². The molecule has 6 nitrogen and oxygen atoms in total. The molecule has 1 N–H and O–H groups in total. The number of ether oxygens (including phenoxy) is 1. The van der Waals surface area contributed by atoms with E-state index in [0.29, 0.717) is 32.0 Å². The lowest BCUT2D eigenvalue weighted by molar-refractivity contribution is -0.140. The summed E-state index contributed by atoms with van der Waals surface area (Å²) < 4.78 is 18.5. The predicted octanol–water partition coefficient (Wildman–Crippen LogP) is 1.09. The first kappa shape index (κ1) is 16.9. The number of nitrogens with zero attached hydrogens (tertiary/aromatic N) is 2. The van der Waals surface area contributed by atoms with Crippen LogP contribution in [0.4, 0.5) is 10.1 Å². The second kappa shape index (κ2) is 7.72. The standard InChI is InChI=1S/C17H22FN3O3/c18-13-3-1-4-14(11-13)19-16(22)12-21-6-2-5-15(21)17(23)20-7-9-24-10-8-20/h1,3-4,11,15H,2,5-10,12H2,(H,19,22). The molecule has 0 radical (unpaired) electrons. The molecular formula is C17H22FN3O3. The van der Waals surface area contributed by atoms with E-state index < -0.39 is 5.82 Å². The van der Waals surface area contributed by atoms with Crippen LogP contribution < -0.4 is 5.32 Å². The maximum absolute atomic E-state index is 13.2. The Morgan fingerprint density at radius 1 is 1.25 bits per heavy atom. The van der Waals surface area contributed by atoms with Gasteiger partial charge in [0.25, 0.3) is 0 Å². The molecule has 1 atom stereocenters. The molecule has 2 fully saturated rings. The minimum atomic E-state index is -0.394.